The van der Waals surface area contributed by atoms with Crippen LogP contribution in [0.2, 0.25) is 0 Å². The Hall–Kier alpha value is -1.87. The zero-order valence-electron chi connectivity index (χ0n) is 10.2. The average Bonchev–Trinajstić information content (AvgIpc) is 2.34. The molecule has 0 aliphatic carbocycles. The van der Waals surface area contributed by atoms with E-state index in [0.29, 0.717) is 12.8 Å². The Morgan fingerprint density at radius 2 is 1.67 bits per heavy atom. The molecule has 0 aromatic carbocycles. The summed E-state index contributed by atoms with van der Waals surface area (Å²) in [5.74, 6) is 4.32. The van der Waals surface area contributed by atoms with Gasteiger partial charge in [-0.3, -0.25) is 20.4 Å². The van der Waals surface area contributed by atoms with Crippen LogP contribution in [0, 0.1) is 0 Å². The van der Waals surface area contributed by atoms with Crippen molar-refractivity contribution in [1.82, 2.24) is 21.8 Å². The molecule has 0 aromatic heterocycles. The Balaban J connectivity index is 3.43. The minimum Gasteiger partial charge on any atom is -0.449 e. The second-order valence-electron chi connectivity index (χ2n) is 3.29. The van der Waals surface area contributed by atoms with E-state index in [1.807, 2.05) is 5.43 Å². The summed E-state index contributed by atoms with van der Waals surface area (Å²) in [6.07, 6.45) is 0.924. The second kappa shape index (κ2) is 10.3. The van der Waals surface area contributed by atoms with E-state index in [-0.39, 0.29) is 31.3 Å². The quantitative estimate of drug-likeness (QED) is 0.161. The van der Waals surface area contributed by atoms with Gasteiger partial charge in [-0.15, -0.1) is 5.53 Å². The number of hydrogen-bond acceptors (Lipinski definition) is 6. The summed E-state index contributed by atoms with van der Waals surface area (Å²) in [4.78, 5) is 32.7. The van der Waals surface area contributed by atoms with Crippen LogP contribution in [0.4, 0.5) is 4.79 Å². The second-order valence-corrected chi connectivity index (χ2v) is 3.29. The molecule has 0 fully saturated rings. The molecule has 0 aliphatic heterocycles. The van der Waals surface area contributed by atoms with Gasteiger partial charge in [0.1, 0.15) is 0 Å². The number of unbranched alkanes of at least 4 members (excludes halogenated alkanes) is 1. The van der Waals surface area contributed by atoms with Gasteiger partial charge in [0.05, 0.1) is 6.61 Å². The van der Waals surface area contributed by atoms with Crippen molar-refractivity contribution in [2.75, 3.05) is 6.61 Å². The van der Waals surface area contributed by atoms with Crippen LogP contribution in [0.25, 0.3) is 0 Å². The van der Waals surface area contributed by atoms with Crippen molar-refractivity contribution in [3.8, 4) is 0 Å². The maximum atomic E-state index is 11.2. The van der Waals surface area contributed by atoms with E-state index in [1.54, 1.807) is 6.92 Å². The van der Waals surface area contributed by atoms with E-state index in [1.165, 1.54) is 0 Å². The third kappa shape index (κ3) is 9.36. The zero-order chi connectivity index (χ0) is 13.8. The molecule has 0 saturated heterocycles. The molecule has 0 unspecified atom stereocenters. The van der Waals surface area contributed by atoms with Crippen LogP contribution in [0.15, 0.2) is 0 Å². The van der Waals surface area contributed by atoms with Crippen molar-refractivity contribution in [3.05, 3.63) is 0 Å². The van der Waals surface area contributed by atoms with Crippen LogP contribution >= 0.6 is 0 Å². The predicted octanol–water partition coefficient (Wildman–Crippen LogP) is -1.18. The molecule has 6 N–H and O–H groups in total. The largest absolute Gasteiger partial charge is 0.449 e. The summed E-state index contributed by atoms with van der Waals surface area (Å²) in [6.45, 7) is 1.90. The number of carbonyl (C=O) groups is 3. The summed E-state index contributed by atoms with van der Waals surface area (Å²) >= 11 is 0. The van der Waals surface area contributed by atoms with Gasteiger partial charge in [0.25, 0.3) is 0 Å². The first-order valence-electron chi connectivity index (χ1n) is 5.56. The fraction of sp³-hybridized carbons (Fsp3) is 0.667. The highest BCUT2D eigenvalue weighted by Crippen LogP contribution is 1.98. The molecule has 0 aliphatic rings. The fourth-order valence-electron chi connectivity index (χ4n) is 1.02. The lowest BCUT2D eigenvalue weighted by Gasteiger charge is -2.08. The first-order chi connectivity index (χ1) is 8.60. The molecule has 3 amide bonds. The zero-order valence-corrected chi connectivity index (χ0v) is 10.2. The van der Waals surface area contributed by atoms with Gasteiger partial charge < -0.3 is 4.74 Å². The topological polar surface area (TPSA) is 135 Å². The number of carbonyl (C=O) groups excluding carboxylic acids is 3. The third-order valence-electron chi connectivity index (χ3n) is 1.86. The number of hydrogen-bond donors (Lipinski definition) is 5. The summed E-state index contributed by atoms with van der Waals surface area (Å²) < 4.78 is 4.54. The van der Waals surface area contributed by atoms with E-state index >= 15 is 0 Å². The van der Waals surface area contributed by atoms with Gasteiger partial charge in [-0.25, -0.2) is 16.1 Å². The highest BCUT2D eigenvalue weighted by Gasteiger charge is 2.03. The van der Waals surface area contributed by atoms with Crippen molar-refractivity contribution < 1.29 is 19.1 Å². The Labute approximate surface area is 105 Å². The van der Waals surface area contributed by atoms with Crippen LogP contribution < -0.4 is 27.7 Å². The maximum Gasteiger partial charge on any atom is 0.423 e. The van der Waals surface area contributed by atoms with Crippen molar-refractivity contribution in [1.29, 1.82) is 0 Å². The Kier molecular flexibility index (Phi) is 9.23. The van der Waals surface area contributed by atoms with Gasteiger partial charge in [-0.1, -0.05) is 0 Å². The Bertz CT molecular complexity index is 284. The molecule has 0 aromatic rings. The number of rotatable bonds is 8. The summed E-state index contributed by atoms with van der Waals surface area (Å²) in [5.41, 5.74) is 8.56. The Morgan fingerprint density at radius 3 is 2.22 bits per heavy atom. The highest BCUT2D eigenvalue weighted by atomic mass is 16.6. The van der Waals surface area contributed by atoms with Crippen molar-refractivity contribution >= 4 is 17.9 Å². The van der Waals surface area contributed by atoms with Crippen LogP contribution in [0.1, 0.15) is 32.6 Å². The van der Waals surface area contributed by atoms with E-state index in [9.17, 15) is 14.4 Å². The highest BCUT2D eigenvalue weighted by molar-refractivity contribution is 5.76. The molecule has 18 heavy (non-hydrogen) atoms. The van der Waals surface area contributed by atoms with Crippen molar-refractivity contribution in [2.45, 2.75) is 32.6 Å². The van der Waals surface area contributed by atoms with Crippen LogP contribution in [-0.2, 0) is 14.3 Å². The predicted molar refractivity (Wildman–Crippen MR) is 62.2 cm³/mol. The average molecular weight is 261 g/mol. The van der Waals surface area contributed by atoms with Gasteiger partial charge >= 0.3 is 6.09 Å². The van der Waals surface area contributed by atoms with Gasteiger partial charge in [-0.2, -0.15) is 0 Å². The van der Waals surface area contributed by atoms with E-state index in [0.717, 1.165) is 0 Å². The van der Waals surface area contributed by atoms with Crippen LogP contribution in [0.3, 0.4) is 0 Å². The summed E-state index contributed by atoms with van der Waals surface area (Å²) in [7, 11) is 0. The number of nitrogens with one attached hydrogen (secondary N) is 4. The standard InChI is InChI=1S/C9H19N5O4/c1-2-18-9(17)13-14-12-8(16)6-4-3-5-7(15)11-10/h14H,2-6,10H2,1H3,(H,11,15)(H,12,16)(H,13,17). The monoisotopic (exact) mass is 261 g/mol. The maximum absolute atomic E-state index is 11.2. The van der Waals surface area contributed by atoms with E-state index in [2.05, 4.69) is 21.1 Å². The number of amides is 3. The van der Waals surface area contributed by atoms with E-state index < -0.39 is 6.09 Å². The number of nitrogens with two attached hydrogens (primary N) is 1. The number of hydrazine groups is 3. The lowest BCUT2D eigenvalue weighted by atomic mass is 10.2. The molecule has 0 radical (unpaired) electrons. The van der Waals surface area contributed by atoms with Crippen molar-refractivity contribution in [3.63, 3.8) is 0 Å². The Morgan fingerprint density at radius 1 is 1.06 bits per heavy atom. The molecular formula is C9H19N5O4. The number of ether oxygens (including phenoxy) is 1. The van der Waals surface area contributed by atoms with Crippen LogP contribution in [-0.4, -0.2) is 24.5 Å². The van der Waals surface area contributed by atoms with Crippen molar-refractivity contribution in [2.24, 2.45) is 5.84 Å². The van der Waals surface area contributed by atoms with E-state index in [4.69, 9.17) is 5.84 Å². The fourth-order valence-corrected chi connectivity index (χ4v) is 1.02. The lowest BCUT2D eigenvalue weighted by Crippen LogP contribution is -2.49. The van der Waals surface area contributed by atoms with Gasteiger partial charge in [0.2, 0.25) is 11.8 Å². The van der Waals surface area contributed by atoms with Crippen LogP contribution in [0.5, 0.6) is 0 Å². The lowest BCUT2D eigenvalue weighted by molar-refractivity contribution is -0.123. The molecule has 9 heteroatoms. The molecule has 9 nitrogen and oxygen atoms in total. The summed E-state index contributed by atoms with van der Waals surface area (Å²) in [5, 5.41) is 0. The minimum absolute atomic E-state index is 0.232. The van der Waals surface area contributed by atoms with Gasteiger partial charge in [0.15, 0.2) is 0 Å². The third-order valence-corrected chi connectivity index (χ3v) is 1.86. The molecule has 0 atom stereocenters. The molecule has 0 rings (SSSR count). The van der Waals surface area contributed by atoms with Gasteiger partial charge in [-0.05, 0) is 19.8 Å². The van der Waals surface area contributed by atoms with Gasteiger partial charge in [0, 0.05) is 12.8 Å². The molecule has 104 valence electrons. The molecular weight excluding hydrogens is 242 g/mol. The molecule has 0 heterocycles. The SMILES string of the molecule is CCOC(=O)NNNC(=O)CCCCC(=O)NN. The first kappa shape index (κ1) is 16.1. The molecule has 0 bridgehead atoms. The normalized spacial score (nSPS) is 9.44. The smallest absolute Gasteiger partial charge is 0.423 e. The molecule has 0 spiro atoms. The minimum atomic E-state index is -0.683. The first-order valence-corrected chi connectivity index (χ1v) is 5.56. The molecule has 0 saturated carbocycles. The summed E-state index contributed by atoms with van der Waals surface area (Å²) in [6, 6.07) is 0.